The van der Waals surface area contributed by atoms with Crippen LogP contribution >= 0.6 is 0 Å². The molecule has 4 aromatic carbocycles. The molecular formula is C35H26N4O4. The summed E-state index contributed by atoms with van der Waals surface area (Å²) in [6.45, 7) is 0.327. The van der Waals surface area contributed by atoms with Crippen molar-refractivity contribution < 1.29 is 14.8 Å². The van der Waals surface area contributed by atoms with Crippen LogP contribution in [0.5, 0.6) is 0 Å². The number of hydrogen-bond acceptors (Lipinski definition) is 5. The highest BCUT2D eigenvalue weighted by Crippen LogP contribution is 2.42. The fourth-order valence-corrected chi connectivity index (χ4v) is 5.69. The van der Waals surface area contributed by atoms with Gasteiger partial charge in [-0.25, -0.2) is 4.79 Å². The summed E-state index contributed by atoms with van der Waals surface area (Å²) >= 11 is 0. The number of carboxylic acid groups (broad SMARTS) is 1. The van der Waals surface area contributed by atoms with Crippen molar-refractivity contribution in [3.05, 3.63) is 166 Å². The number of carbonyl (C=O) groups is 1. The summed E-state index contributed by atoms with van der Waals surface area (Å²) in [6.07, 6.45) is 5.48. The fourth-order valence-electron chi connectivity index (χ4n) is 5.69. The van der Waals surface area contributed by atoms with Crippen LogP contribution in [-0.4, -0.2) is 30.8 Å². The first-order valence-electron chi connectivity index (χ1n) is 13.6. The molecule has 0 unspecified atom stereocenters. The number of rotatable bonds is 9. The molecule has 0 aliphatic rings. The minimum Gasteiger partial charge on any atom is -0.478 e. The molecule has 2 heterocycles. The van der Waals surface area contributed by atoms with Gasteiger partial charge < -0.3 is 5.11 Å². The van der Waals surface area contributed by atoms with Gasteiger partial charge in [0.05, 0.1) is 28.0 Å². The quantitative estimate of drug-likeness (QED) is 0.0862. The largest absolute Gasteiger partial charge is 0.478 e. The van der Waals surface area contributed by atoms with Crippen LogP contribution in [0.15, 0.2) is 134 Å². The smallest absolute Gasteiger partial charge is 0.328 e. The maximum absolute atomic E-state index is 12.2. The predicted octanol–water partition coefficient (Wildman–Crippen LogP) is 7.14. The molecule has 6 aromatic rings. The molecule has 0 saturated heterocycles. The van der Waals surface area contributed by atoms with E-state index in [9.17, 15) is 20.0 Å². The topological polar surface area (TPSA) is 111 Å². The lowest BCUT2D eigenvalue weighted by molar-refractivity contribution is -0.385. The Bertz CT molecular complexity index is 1840. The lowest BCUT2D eigenvalue weighted by Gasteiger charge is -2.36. The maximum atomic E-state index is 12.2. The third-order valence-corrected chi connectivity index (χ3v) is 7.64. The minimum absolute atomic E-state index is 0.176. The zero-order valence-electron chi connectivity index (χ0n) is 22.9. The van der Waals surface area contributed by atoms with Gasteiger partial charge >= 0.3 is 5.97 Å². The molecule has 0 spiro atoms. The van der Waals surface area contributed by atoms with E-state index in [0.29, 0.717) is 23.1 Å². The zero-order valence-corrected chi connectivity index (χ0v) is 22.9. The van der Waals surface area contributed by atoms with Crippen LogP contribution in [0.4, 0.5) is 5.69 Å². The van der Waals surface area contributed by atoms with E-state index in [1.807, 2.05) is 71.4 Å². The third-order valence-electron chi connectivity index (χ3n) is 7.64. The molecule has 0 saturated carbocycles. The van der Waals surface area contributed by atoms with Gasteiger partial charge in [-0.3, -0.25) is 19.8 Å². The molecule has 2 aromatic heterocycles. The van der Waals surface area contributed by atoms with Gasteiger partial charge in [-0.15, -0.1) is 0 Å². The van der Waals surface area contributed by atoms with E-state index >= 15 is 0 Å². The first-order valence-corrected chi connectivity index (χ1v) is 13.6. The molecule has 8 heteroatoms. The Labute approximate surface area is 247 Å². The lowest BCUT2D eigenvalue weighted by atomic mass is 9.69. The van der Waals surface area contributed by atoms with Crippen LogP contribution in [0.25, 0.3) is 28.2 Å². The van der Waals surface area contributed by atoms with Crippen molar-refractivity contribution in [3.63, 3.8) is 0 Å². The molecule has 1 N–H and O–H groups in total. The van der Waals surface area contributed by atoms with E-state index in [1.54, 1.807) is 18.5 Å². The molecular weight excluding hydrogens is 540 g/mol. The monoisotopic (exact) mass is 566 g/mol. The van der Waals surface area contributed by atoms with Crippen molar-refractivity contribution in [2.75, 3.05) is 0 Å². The first kappa shape index (κ1) is 27.3. The van der Waals surface area contributed by atoms with Crippen molar-refractivity contribution in [2.24, 2.45) is 0 Å². The molecule has 43 heavy (non-hydrogen) atoms. The van der Waals surface area contributed by atoms with Gasteiger partial charge in [-0.2, -0.15) is 5.10 Å². The normalized spacial score (nSPS) is 11.6. The number of nitro groups is 1. The van der Waals surface area contributed by atoms with Gasteiger partial charge in [0.2, 0.25) is 0 Å². The van der Waals surface area contributed by atoms with Crippen molar-refractivity contribution in [3.8, 4) is 11.3 Å². The average molecular weight is 567 g/mol. The fraction of sp³-hybridized carbons (Fsp3) is 0.0571. The number of nitro benzene ring substituents is 1. The van der Waals surface area contributed by atoms with Gasteiger partial charge in [0.25, 0.3) is 5.69 Å². The van der Waals surface area contributed by atoms with Crippen LogP contribution < -0.4 is 0 Å². The minimum atomic E-state index is -1.20. The molecule has 0 aliphatic carbocycles. The predicted molar refractivity (Wildman–Crippen MR) is 165 cm³/mol. The SMILES string of the molecule is O=C(O)/C=C/c1cc2c(-c3ccncc3)nn(CC(c3ccccc3)(c3ccccc3)c3ccccc3)c2cc1[N+](=O)[O-]. The van der Waals surface area contributed by atoms with Crippen LogP contribution in [0, 0.1) is 10.1 Å². The summed E-state index contributed by atoms with van der Waals surface area (Å²) in [5.41, 5.74) is 4.32. The highest BCUT2D eigenvalue weighted by Gasteiger charge is 2.38. The van der Waals surface area contributed by atoms with E-state index in [4.69, 9.17) is 5.10 Å². The number of aliphatic carboxylic acids is 1. The number of nitrogens with zero attached hydrogens (tertiary/aromatic N) is 4. The Kier molecular flexibility index (Phi) is 7.32. The summed E-state index contributed by atoms with van der Waals surface area (Å²) in [7, 11) is 0. The number of hydrogen-bond donors (Lipinski definition) is 1. The first-order chi connectivity index (χ1) is 21.0. The summed E-state index contributed by atoms with van der Waals surface area (Å²) in [6, 6.07) is 37.3. The number of fused-ring (bicyclic) bond motifs is 1. The number of carboxylic acids is 1. The average Bonchev–Trinajstić information content (AvgIpc) is 3.40. The standard InChI is InChI=1S/C35H26N4O4/c40-33(41)17-16-26-22-30-32(23-31(26)39(42)43)38(37-34(30)25-18-20-36-21-19-25)24-35(27-10-4-1-5-11-27,28-12-6-2-7-13-28)29-14-8-3-9-15-29/h1-23H,24H2,(H,40,41)/b17-16+. The second-order valence-corrected chi connectivity index (χ2v) is 10.1. The molecule has 0 bridgehead atoms. The molecule has 6 rings (SSSR count). The van der Waals surface area contributed by atoms with Crippen LogP contribution in [0.2, 0.25) is 0 Å². The Morgan fingerprint density at radius 3 is 1.86 bits per heavy atom. The molecule has 0 aliphatic heterocycles. The van der Waals surface area contributed by atoms with Gasteiger partial charge in [0, 0.05) is 35.5 Å². The van der Waals surface area contributed by atoms with E-state index < -0.39 is 16.3 Å². The second-order valence-electron chi connectivity index (χ2n) is 10.1. The number of benzene rings is 4. The van der Waals surface area contributed by atoms with Crippen LogP contribution in [0.3, 0.4) is 0 Å². The highest BCUT2D eigenvalue weighted by molar-refractivity contribution is 5.97. The Hall–Kier alpha value is -5.89. The van der Waals surface area contributed by atoms with Crippen LogP contribution in [0.1, 0.15) is 22.3 Å². The van der Waals surface area contributed by atoms with Gasteiger partial charge in [-0.05, 0) is 41.0 Å². The maximum Gasteiger partial charge on any atom is 0.328 e. The summed E-state index contributed by atoms with van der Waals surface area (Å²) in [5.74, 6) is -1.20. The molecule has 0 atom stereocenters. The Balaban J connectivity index is 1.68. The summed E-state index contributed by atoms with van der Waals surface area (Å²) < 4.78 is 1.83. The van der Waals surface area contributed by atoms with E-state index in [2.05, 4.69) is 41.4 Å². The summed E-state index contributed by atoms with van der Waals surface area (Å²) in [4.78, 5) is 27.2. The van der Waals surface area contributed by atoms with Crippen molar-refractivity contribution in [1.82, 2.24) is 14.8 Å². The zero-order chi connectivity index (χ0) is 29.8. The highest BCUT2D eigenvalue weighted by atomic mass is 16.6. The molecule has 210 valence electrons. The van der Waals surface area contributed by atoms with E-state index in [1.165, 1.54) is 12.1 Å². The lowest BCUT2D eigenvalue weighted by Crippen LogP contribution is -2.35. The Morgan fingerprint density at radius 2 is 1.37 bits per heavy atom. The van der Waals surface area contributed by atoms with Crippen molar-refractivity contribution in [1.29, 1.82) is 0 Å². The van der Waals surface area contributed by atoms with Crippen molar-refractivity contribution >= 4 is 28.6 Å². The molecule has 0 radical (unpaired) electrons. The van der Waals surface area contributed by atoms with Crippen LogP contribution in [-0.2, 0) is 16.8 Å². The summed E-state index contributed by atoms with van der Waals surface area (Å²) in [5, 5.41) is 27.2. The van der Waals surface area contributed by atoms with E-state index in [0.717, 1.165) is 28.3 Å². The number of pyridine rings is 1. The second kappa shape index (κ2) is 11.5. The number of aromatic nitrogens is 3. The molecule has 0 fully saturated rings. The molecule has 0 amide bonds. The third kappa shape index (κ3) is 5.17. The molecule has 8 nitrogen and oxygen atoms in total. The van der Waals surface area contributed by atoms with Gasteiger partial charge in [0.1, 0.15) is 5.69 Å². The van der Waals surface area contributed by atoms with E-state index in [-0.39, 0.29) is 11.3 Å². The van der Waals surface area contributed by atoms with Crippen molar-refractivity contribution in [2.45, 2.75) is 12.0 Å². The van der Waals surface area contributed by atoms with Gasteiger partial charge in [0.15, 0.2) is 0 Å². The van der Waals surface area contributed by atoms with Gasteiger partial charge in [-0.1, -0.05) is 91.0 Å². The Morgan fingerprint density at radius 1 is 0.837 bits per heavy atom.